The van der Waals surface area contributed by atoms with Crippen molar-refractivity contribution in [2.45, 2.75) is 89.5 Å². The van der Waals surface area contributed by atoms with Crippen molar-refractivity contribution >= 4 is 10.9 Å². The van der Waals surface area contributed by atoms with Gasteiger partial charge < -0.3 is 9.88 Å². The Bertz CT molecular complexity index is 682. The third kappa shape index (κ3) is 5.16. The van der Waals surface area contributed by atoms with Gasteiger partial charge in [0.2, 0.25) is 0 Å². The third-order valence-electron chi connectivity index (χ3n) is 7.15. The highest BCUT2D eigenvalue weighted by molar-refractivity contribution is 5.82. The zero-order valence-corrected chi connectivity index (χ0v) is 17.1. The number of aryl methyl sites for hydroxylation is 1. The third-order valence-corrected chi connectivity index (χ3v) is 7.15. The molecule has 2 aromatic rings. The SMILES string of the molecule is c1ccc2c(CCCCCN3CCCCC3CC3CCCCC3)c[nH]c2c1. The van der Waals surface area contributed by atoms with E-state index in [4.69, 9.17) is 0 Å². The Kier molecular flexibility index (Phi) is 6.90. The summed E-state index contributed by atoms with van der Waals surface area (Å²) >= 11 is 0. The Morgan fingerprint density at radius 1 is 0.889 bits per heavy atom. The molecule has 2 fully saturated rings. The number of aromatic amines is 1. The molecule has 1 aliphatic heterocycles. The van der Waals surface area contributed by atoms with Gasteiger partial charge in [0, 0.05) is 23.1 Å². The number of rotatable bonds is 8. The largest absolute Gasteiger partial charge is 0.361 e. The number of nitrogens with one attached hydrogen (secondary N) is 1. The minimum atomic E-state index is 0.899. The second-order valence-corrected chi connectivity index (χ2v) is 9.10. The van der Waals surface area contributed by atoms with Gasteiger partial charge >= 0.3 is 0 Å². The van der Waals surface area contributed by atoms with Crippen molar-refractivity contribution in [3.8, 4) is 0 Å². The van der Waals surface area contributed by atoms with E-state index in [-0.39, 0.29) is 0 Å². The van der Waals surface area contributed by atoms with E-state index >= 15 is 0 Å². The summed E-state index contributed by atoms with van der Waals surface area (Å²) in [5.41, 5.74) is 2.78. The van der Waals surface area contributed by atoms with Gasteiger partial charge in [0.05, 0.1) is 0 Å². The molecule has 0 bridgehead atoms. The highest BCUT2D eigenvalue weighted by atomic mass is 15.2. The molecule has 4 rings (SSSR count). The van der Waals surface area contributed by atoms with Crippen molar-refractivity contribution in [2.24, 2.45) is 5.92 Å². The van der Waals surface area contributed by atoms with Crippen LogP contribution in [0.2, 0.25) is 0 Å². The lowest BCUT2D eigenvalue weighted by molar-refractivity contribution is 0.114. The molecule has 1 N–H and O–H groups in total. The summed E-state index contributed by atoms with van der Waals surface area (Å²) in [4.78, 5) is 6.28. The molecule has 0 amide bonds. The second-order valence-electron chi connectivity index (χ2n) is 9.10. The minimum Gasteiger partial charge on any atom is -0.361 e. The second kappa shape index (κ2) is 9.78. The molecule has 2 aliphatic rings. The Balaban J connectivity index is 1.19. The number of benzene rings is 1. The molecule has 1 atom stereocenters. The molecular formula is C25H38N2. The summed E-state index contributed by atoms with van der Waals surface area (Å²) in [6.45, 7) is 2.70. The maximum absolute atomic E-state index is 3.42. The molecule has 2 heterocycles. The number of hydrogen-bond acceptors (Lipinski definition) is 1. The molecule has 1 unspecified atom stereocenters. The predicted molar refractivity (Wildman–Crippen MR) is 116 cm³/mol. The van der Waals surface area contributed by atoms with Gasteiger partial charge in [0.1, 0.15) is 0 Å². The number of fused-ring (bicyclic) bond motifs is 1. The lowest BCUT2D eigenvalue weighted by Crippen LogP contribution is -2.41. The van der Waals surface area contributed by atoms with Gasteiger partial charge in [-0.3, -0.25) is 0 Å². The monoisotopic (exact) mass is 366 g/mol. The van der Waals surface area contributed by atoms with Crippen LogP contribution in [0.5, 0.6) is 0 Å². The maximum Gasteiger partial charge on any atom is 0.0456 e. The fraction of sp³-hybridized carbons (Fsp3) is 0.680. The van der Waals surface area contributed by atoms with Crippen LogP contribution in [0.4, 0.5) is 0 Å². The predicted octanol–water partition coefficient (Wildman–Crippen LogP) is 6.71. The lowest BCUT2D eigenvalue weighted by atomic mass is 9.82. The molecule has 2 heteroatoms. The van der Waals surface area contributed by atoms with Crippen LogP contribution in [-0.2, 0) is 6.42 Å². The summed E-state index contributed by atoms with van der Waals surface area (Å²) in [6, 6.07) is 9.61. The van der Waals surface area contributed by atoms with Crippen molar-refractivity contribution in [3.63, 3.8) is 0 Å². The van der Waals surface area contributed by atoms with Gasteiger partial charge in [-0.15, -0.1) is 0 Å². The van der Waals surface area contributed by atoms with Crippen molar-refractivity contribution in [3.05, 3.63) is 36.0 Å². The van der Waals surface area contributed by atoms with E-state index < -0.39 is 0 Å². The van der Waals surface area contributed by atoms with E-state index in [9.17, 15) is 0 Å². The van der Waals surface area contributed by atoms with Crippen LogP contribution in [0.25, 0.3) is 10.9 Å². The highest BCUT2D eigenvalue weighted by Gasteiger charge is 2.25. The van der Waals surface area contributed by atoms with Crippen molar-refractivity contribution in [1.82, 2.24) is 9.88 Å². The Morgan fingerprint density at radius 3 is 2.67 bits per heavy atom. The van der Waals surface area contributed by atoms with Gasteiger partial charge in [0.15, 0.2) is 0 Å². The topological polar surface area (TPSA) is 19.0 Å². The molecule has 1 aliphatic carbocycles. The Hall–Kier alpha value is -1.28. The fourth-order valence-corrected chi connectivity index (χ4v) is 5.57. The van der Waals surface area contributed by atoms with Crippen LogP contribution in [-0.4, -0.2) is 29.0 Å². The van der Waals surface area contributed by atoms with Crippen LogP contribution in [0.3, 0.4) is 0 Å². The smallest absolute Gasteiger partial charge is 0.0456 e. The van der Waals surface area contributed by atoms with Gasteiger partial charge in [-0.2, -0.15) is 0 Å². The first kappa shape index (κ1) is 19.1. The van der Waals surface area contributed by atoms with E-state index in [0.717, 1.165) is 12.0 Å². The lowest BCUT2D eigenvalue weighted by Gasteiger charge is -2.38. The number of para-hydroxylation sites is 1. The standard InChI is InChI=1S/C25H38N2/c1-3-11-21(12-4-1)19-23-14-8-10-18-27(23)17-9-2-5-13-22-20-26-25-16-7-6-15-24(22)25/h6-7,15-16,20-21,23,26H,1-5,8-14,17-19H2. The van der Waals surface area contributed by atoms with Gasteiger partial charge in [-0.05, 0) is 69.2 Å². The van der Waals surface area contributed by atoms with E-state index in [1.54, 1.807) is 0 Å². The molecule has 27 heavy (non-hydrogen) atoms. The zero-order chi connectivity index (χ0) is 18.3. The molecule has 0 spiro atoms. The number of nitrogens with zero attached hydrogens (tertiary/aromatic N) is 1. The van der Waals surface area contributed by atoms with Crippen LogP contribution >= 0.6 is 0 Å². The zero-order valence-electron chi connectivity index (χ0n) is 17.1. The van der Waals surface area contributed by atoms with E-state index in [0.29, 0.717) is 0 Å². The number of H-pyrrole nitrogens is 1. The number of unbranched alkanes of at least 4 members (excludes halogenated alkanes) is 2. The van der Waals surface area contributed by atoms with Crippen LogP contribution in [0, 0.1) is 5.92 Å². The van der Waals surface area contributed by atoms with E-state index in [1.807, 2.05) is 0 Å². The first-order valence-electron chi connectivity index (χ1n) is 11.7. The molecular weight excluding hydrogens is 328 g/mol. The van der Waals surface area contributed by atoms with Crippen molar-refractivity contribution in [1.29, 1.82) is 0 Å². The highest BCUT2D eigenvalue weighted by Crippen LogP contribution is 2.31. The van der Waals surface area contributed by atoms with Crippen LogP contribution in [0.15, 0.2) is 30.5 Å². The summed E-state index contributed by atoms with van der Waals surface area (Å²) < 4.78 is 0. The summed E-state index contributed by atoms with van der Waals surface area (Å²) in [6.07, 6.45) is 20.8. The molecule has 2 nitrogen and oxygen atoms in total. The average Bonchev–Trinajstić information content (AvgIpc) is 3.13. The minimum absolute atomic E-state index is 0.899. The molecule has 1 aromatic carbocycles. The molecule has 1 saturated carbocycles. The first-order valence-corrected chi connectivity index (χ1v) is 11.7. The number of aromatic nitrogens is 1. The number of likely N-dealkylation sites (tertiary alicyclic amines) is 1. The van der Waals surface area contributed by atoms with Crippen LogP contribution < -0.4 is 0 Å². The van der Waals surface area contributed by atoms with Crippen molar-refractivity contribution < 1.29 is 0 Å². The average molecular weight is 367 g/mol. The Labute approximate surface area is 165 Å². The van der Waals surface area contributed by atoms with Gasteiger partial charge in [0.25, 0.3) is 0 Å². The number of hydrogen-bond donors (Lipinski definition) is 1. The summed E-state index contributed by atoms with van der Waals surface area (Å²) in [5, 5.41) is 1.42. The summed E-state index contributed by atoms with van der Waals surface area (Å²) in [5.74, 6) is 1.03. The summed E-state index contributed by atoms with van der Waals surface area (Å²) in [7, 11) is 0. The van der Waals surface area contributed by atoms with E-state index in [1.165, 1.54) is 113 Å². The Morgan fingerprint density at radius 2 is 1.74 bits per heavy atom. The van der Waals surface area contributed by atoms with Gasteiger partial charge in [-0.25, -0.2) is 0 Å². The molecule has 0 radical (unpaired) electrons. The van der Waals surface area contributed by atoms with Crippen LogP contribution in [0.1, 0.15) is 82.6 Å². The normalized spacial score (nSPS) is 22.4. The van der Waals surface area contributed by atoms with Gasteiger partial charge in [-0.1, -0.05) is 63.1 Å². The quantitative estimate of drug-likeness (QED) is 0.515. The number of piperidine rings is 1. The van der Waals surface area contributed by atoms with E-state index in [2.05, 4.69) is 40.3 Å². The molecule has 1 aromatic heterocycles. The van der Waals surface area contributed by atoms with Crippen molar-refractivity contribution in [2.75, 3.05) is 13.1 Å². The maximum atomic E-state index is 3.42. The molecule has 1 saturated heterocycles. The first-order chi connectivity index (χ1) is 13.4. The molecule has 148 valence electrons. The fourth-order valence-electron chi connectivity index (χ4n) is 5.57.